The van der Waals surface area contributed by atoms with Crippen LogP contribution in [0.4, 0.5) is 11.4 Å². The first kappa shape index (κ1) is 11.2. The Morgan fingerprint density at radius 2 is 2.17 bits per heavy atom. The minimum absolute atomic E-state index is 0.0988. The fourth-order valence-electron chi connectivity index (χ4n) is 2.59. The number of fused-ring (bicyclic) bond motifs is 1. The molecule has 1 saturated carbocycles. The molecule has 5 nitrogen and oxygen atoms in total. The Labute approximate surface area is 105 Å². The van der Waals surface area contributed by atoms with Crippen LogP contribution in [0, 0.1) is 16.0 Å². The number of non-ortho nitro benzene ring substituents is 1. The third-order valence-electron chi connectivity index (χ3n) is 3.65. The van der Waals surface area contributed by atoms with E-state index in [1.165, 1.54) is 6.07 Å². The van der Waals surface area contributed by atoms with Crippen molar-refractivity contribution in [1.82, 2.24) is 0 Å². The lowest BCUT2D eigenvalue weighted by Crippen LogP contribution is -2.36. The van der Waals surface area contributed by atoms with Crippen molar-refractivity contribution in [3.8, 4) is 0 Å². The van der Waals surface area contributed by atoms with Crippen molar-refractivity contribution in [2.75, 3.05) is 4.90 Å². The molecule has 0 radical (unpaired) electrons. The summed E-state index contributed by atoms with van der Waals surface area (Å²) in [6.45, 7) is 1.99. The monoisotopic (exact) mass is 246 g/mol. The molecule has 94 valence electrons. The third-order valence-corrected chi connectivity index (χ3v) is 3.65. The Balaban J connectivity index is 1.97. The molecule has 0 unspecified atom stereocenters. The minimum Gasteiger partial charge on any atom is -0.309 e. The van der Waals surface area contributed by atoms with E-state index >= 15 is 0 Å². The second kappa shape index (κ2) is 3.80. The van der Waals surface area contributed by atoms with Gasteiger partial charge in [0.2, 0.25) is 5.91 Å². The highest BCUT2D eigenvalue weighted by Gasteiger charge is 2.39. The number of amides is 1. The molecule has 1 fully saturated rings. The Hall–Kier alpha value is -1.91. The van der Waals surface area contributed by atoms with Crippen molar-refractivity contribution in [1.29, 1.82) is 0 Å². The molecule has 0 saturated heterocycles. The maximum atomic E-state index is 12.2. The van der Waals surface area contributed by atoms with Gasteiger partial charge in [-0.05, 0) is 37.8 Å². The molecule has 1 aromatic carbocycles. The number of nitro groups is 1. The van der Waals surface area contributed by atoms with Crippen molar-refractivity contribution in [2.45, 2.75) is 32.2 Å². The van der Waals surface area contributed by atoms with E-state index in [-0.39, 0.29) is 23.6 Å². The van der Waals surface area contributed by atoms with E-state index in [1.807, 2.05) is 11.8 Å². The molecule has 1 amide bonds. The quantitative estimate of drug-likeness (QED) is 0.594. The molecule has 1 atom stereocenters. The molecule has 0 bridgehead atoms. The third kappa shape index (κ3) is 1.66. The van der Waals surface area contributed by atoms with Crippen LogP contribution in [0.2, 0.25) is 0 Å². The predicted molar refractivity (Wildman–Crippen MR) is 66.5 cm³/mol. The Morgan fingerprint density at radius 3 is 2.78 bits per heavy atom. The lowest BCUT2D eigenvalue weighted by molar-refractivity contribution is -0.384. The molecular weight excluding hydrogens is 232 g/mol. The average molecular weight is 246 g/mol. The number of hydrogen-bond donors (Lipinski definition) is 0. The van der Waals surface area contributed by atoms with Crippen molar-refractivity contribution in [2.24, 2.45) is 5.92 Å². The SMILES string of the molecule is C[C@@H]1Cc2cc([N+](=O)[O-])ccc2N1C(=O)C1CC1. The van der Waals surface area contributed by atoms with E-state index < -0.39 is 4.92 Å². The highest BCUT2D eigenvalue weighted by Crippen LogP contribution is 2.39. The molecule has 1 aliphatic heterocycles. The largest absolute Gasteiger partial charge is 0.309 e. The van der Waals surface area contributed by atoms with E-state index in [1.54, 1.807) is 12.1 Å². The Bertz CT molecular complexity index is 537. The fraction of sp³-hybridized carbons (Fsp3) is 0.462. The molecule has 3 rings (SSSR count). The molecule has 0 spiro atoms. The van der Waals surface area contributed by atoms with Gasteiger partial charge in [0.15, 0.2) is 0 Å². The number of rotatable bonds is 2. The number of hydrogen-bond acceptors (Lipinski definition) is 3. The second-order valence-corrected chi connectivity index (χ2v) is 5.11. The van der Waals surface area contributed by atoms with Crippen LogP contribution in [0.15, 0.2) is 18.2 Å². The summed E-state index contributed by atoms with van der Waals surface area (Å²) in [7, 11) is 0. The normalized spacial score (nSPS) is 21.8. The molecule has 1 heterocycles. The summed E-state index contributed by atoms with van der Waals surface area (Å²) in [4.78, 5) is 24.4. The summed E-state index contributed by atoms with van der Waals surface area (Å²) in [6, 6.07) is 4.88. The van der Waals surface area contributed by atoms with Gasteiger partial charge in [0.25, 0.3) is 5.69 Å². The maximum absolute atomic E-state index is 12.2. The molecule has 1 aliphatic carbocycles. The number of carbonyl (C=O) groups is 1. The summed E-state index contributed by atoms with van der Waals surface area (Å²) in [5.41, 5.74) is 1.86. The molecule has 0 N–H and O–H groups in total. The molecular formula is C13H14N2O3. The molecule has 0 aromatic heterocycles. The number of anilines is 1. The van der Waals surface area contributed by atoms with E-state index in [4.69, 9.17) is 0 Å². The van der Waals surface area contributed by atoms with Gasteiger partial charge in [-0.15, -0.1) is 0 Å². The molecule has 1 aromatic rings. The van der Waals surface area contributed by atoms with Gasteiger partial charge in [-0.3, -0.25) is 14.9 Å². The first-order valence-electron chi connectivity index (χ1n) is 6.18. The summed E-state index contributed by atoms with van der Waals surface area (Å²) < 4.78 is 0. The zero-order valence-corrected chi connectivity index (χ0v) is 10.1. The van der Waals surface area contributed by atoms with Crippen LogP contribution in [0.3, 0.4) is 0 Å². The lowest BCUT2D eigenvalue weighted by Gasteiger charge is -2.22. The van der Waals surface area contributed by atoms with Gasteiger partial charge in [-0.2, -0.15) is 0 Å². The smallest absolute Gasteiger partial charge is 0.269 e. The maximum Gasteiger partial charge on any atom is 0.269 e. The first-order chi connectivity index (χ1) is 8.58. The van der Waals surface area contributed by atoms with Crippen molar-refractivity contribution in [3.05, 3.63) is 33.9 Å². The van der Waals surface area contributed by atoms with Crippen LogP contribution in [-0.2, 0) is 11.2 Å². The highest BCUT2D eigenvalue weighted by atomic mass is 16.6. The van der Waals surface area contributed by atoms with Gasteiger partial charge in [-0.25, -0.2) is 0 Å². The van der Waals surface area contributed by atoms with Crippen LogP contribution in [-0.4, -0.2) is 16.9 Å². The van der Waals surface area contributed by atoms with Crippen molar-refractivity contribution in [3.63, 3.8) is 0 Å². The topological polar surface area (TPSA) is 63.5 Å². The zero-order valence-electron chi connectivity index (χ0n) is 10.1. The Morgan fingerprint density at radius 1 is 1.44 bits per heavy atom. The van der Waals surface area contributed by atoms with Crippen LogP contribution < -0.4 is 4.90 Å². The van der Waals surface area contributed by atoms with Crippen LogP contribution in [0.1, 0.15) is 25.3 Å². The lowest BCUT2D eigenvalue weighted by atomic mass is 10.1. The molecule has 2 aliphatic rings. The fourth-order valence-corrected chi connectivity index (χ4v) is 2.59. The van der Waals surface area contributed by atoms with Crippen LogP contribution >= 0.6 is 0 Å². The van der Waals surface area contributed by atoms with Gasteiger partial charge in [0, 0.05) is 29.8 Å². The van der Waals surface area contributed by atoms with Gasteiger partial charge < -0.3 is 4.90 Å². The van der Waals surface area contributed by atoms with Gasteiger partial charge in [0.05, 0.1) is 4.92 Å². The summed E-state index contributed by atoms with van der Waals surface area (Å²) in [6.07, 6.45) is 2.66. The van der Waals surface area contributed by atoms with Crippen LogP contribution in [0.25, 0.3) is 0 Å². The van der Waals surface area contributed by atoms with Gasteiger partial charge in [0.1, 0.15) is 0 Å². The van der Waals surface area contributed by atoms with E-state index in [0.717, 1.165) is 24.1 Å². The Kier molecular flexibility index (Phi) is 2.36. The summed E-state index contributed by atoms with van der Waals surface area (Å²) in [5.74, 6) is 0.351. The van der Waals surface area contributed by atoms with Gasteiger partial charge >= 0.3 is 0 Å². The average Bonchev–Trinajstić information content (AvgIpc) is 3.10. The van der Waals surface area contributed by atoms with Crippen molar-refractivity contribution < 1.29 is 9.72 Å². The van der Waals surface area contributed by atoms with E-state index in [9.17, 15) is 14.9 Å². The first-order valence-corrected chi connectivity index (χ1v) is 6.18. The number of nitrogens with zero attached hydrogens (tertiary/aromatic N) is 2. The van der Waals surface area contributed by atoms with Crippen LogP contribution in [0.5, 0.6) is 0 Å². The van der Waals surface area contributed by atoms with Crippen molar-refractivity contribution >= 4 is 17.3 Å². The van der Waals surface area contributed by atoms with E-state index in [0.29, 0.717) is 6.42 Å². The second-order valence-electron chi connectivity index (χ2n) is 5.11. The summed E-state index contributed by atoms with van der Waals surface area (Å²) in [5, 5.41) is 10.7. The van der Waals surface area contributed by atoms with Gasteiger partial charge in [-0.1, -0.05) is 0 Å². The number of nitro benzene ring substituents is 1. The zero-order chi connectivity index (χ0) is 12.9. The minimum atomic E-state index is -0.393. The summed E-state index contributed by atoms with van der Waals surface area (Å²) >= 11 is 0. The predicted octanol–water partition coefficient (Wildman–Crippen LogP) is 2.28. The van der Waals surface area contributed by atoms with E-state index in [2.05, 4.69) is 0 Å². The standard InChI is InChI=1S/C13H14N2O3/c1-8-6-10-7-11(15(17)18)4-5-12(10)14(8)13(16)9-2-3-9/h4-5,7-9H,2-3,6H2,1H3/t8-/m1/s1. The number of benzene rings is 1. The number of carbonyl (C=O) groups excluding carboxylic acids is 1. The highest BCUT2D eigenvalue weighted by molar-refractivity contribution is 5.99. The molecule has 5 heteroatoms. The molecule has 18 heavy (non-hydrogen) atoms.